The zero-order chi connectivity index (χ0) is 3.58. The molecule has 28 valence electrons. The van der Waals surface area contributed by atoms with Gasteiger partial charge in [0.05, 0.1) is 0 Å². The zero-order valence-electron chi connectivity index (χ0n) is 1.54. The Kier molecular flexibility index (Phi) is 4.26. The van der Waals surface area contributed by atoms with E-state index in [4.69, 9.17) is 0 Å². The van der Waals surface area contributed by atoms with Crippen molar-refractivity contribution in [2.24, 2.45) is 0 Å². The van der Waals surface area contributed by atoms with E-state index >= 15 is 0 Å². The molecule has 0 fully saturated rings. The van der Waals surface area contributed by atoms with Gasteiger partial charge in [-0.2, -0.15) is 0 Å². The third-order valence-electron chi connectivity index (χ3n) is 0. The van der Waals surface area contributed by atoms with E-state index in [9.17, 15) is 0 Å². The molecular weight excluding hydrogens is 249 g/mol. The summed E-state index contributed by atoms with van der Waals surface area (Å²) in [6.45, 7) is 0. The topological polar surface area (TPSA) is 0 Å². The average Bonchev–Trinajstić information content (AvgIpc) is 0.811. The van der Waals surface area contributed by atoms with Gasteiger partial charge in [-0.05, 0) is 0 Å². The zero-order valence-corrected chi connectivity index (χ0v) is 6.77. The molecule has 0 unspecified atom stereocenters. The quantitative estimate of drug-likeness (QED) is 0.539. The van der Waals surface area contributed by atoms with Crippen LogP contribution in [0.1, 0.15) is 0 Å². The van der Waals surface area contributed by atoms with Crippen LogP contribution < -0.4 is 0 Å². The summed E-state index contributed by atoms with van der Waals surface area (Å²) >= 11 is 5.41. The van der Waals surface area contributed by atoms with Gasteiger partial charge in [-0.25, -0.2) is 0 Å². The second-order valence-electron chi connectivity index (χ2n) is 0.158. The molecule has 0 spiro atoms. The second kappa shape index (κ2) is 2.96. The molecule has 4 heavy (non-hydrogen) atoms. The molecule has 4 heteroatoms. The van der Waals surface area contributed by atoms with E-state index in [1.165, 1.54) is 0 Å². The van der Waals surface area contributed by atoms with Crippen LogP contribution >= 0.6 is 10.7 Å². The summed E-state index contributed by atoms with van der Waals surface area (Å²) in [5, 5.41) is 0. The van der Waals surface area contributed by atoms with E-state index < -0.39 is 0 Å². The number of hydrogen-bond acceptors (Lipinski definition) is 1. The molecule has 0 amide bonds. The Bertz CT molecular complexity index is 75.4. The van der Waals surface area contributed by atoms with Crippen molar-refractivity contribution in [1.82, 2.24) is 0 Å². The molecule has 0 radical (unpaired) electrons. The summed E-state index contributed by atoms with van der Waals surface area (Å²) in [5.74, 6) is 0. The summed E-state index contributed by atoms with van der Waals surface area (Å²) in [7, 11) is 4.43. The van der Waals surface area contributed by atoms with Crippen LogP contribution in [0.15, 0.2) is 0 Å². The summed E-state index contributed by atoms with van der Waals surface area (Å²) < 4.78 is 0. The molecule has 0 aliphatic heterocycles. The fraction of sp³-hybridized carbons (Fsp3) is 0. The molecular formula is NiSSe2. The van der Waals surface area contributed by atoms with Crippen molar-refractivity contribution in [2.75, 3.05) is 0 Å². The van der Waals surface area contributed by atoms with Gasteiger partial charge in [0.15, 0.2) is 0 Å². The minimum atomic E-state index is -0.125. The molecule has 0 atom stereocenters. The summed E-state index contributed by atoms with van der Waals surface area (Å²) in [4.78, 5) is 0. The van der Waals surface area contributed by atoms with Crippen molar-refractivity contribution in [3.8, 4) is 0 Å². The predicted octanol–water partition coefficient (Wildman–Crippen LogP) is -0.116. The van der Waals surface area contributed by atoms with Gasteiger partial charge in [0, 0.05) is 0 Å². The van der Waals surface area contributed by atoms with Crippen molar-refractivity contribution in [2.45, 2.75) is 0 Å². The molecule has 0 N–H and O–H groups in total. The number of hydrogen-bond donors (Lipinski definition) is 0. The van der Waals surface area contributed by atoms with Crippen molar-refractivity contribution in [1.29, 1.82) is 0 Å². The Morgan fingerprint density at radius 3 is 1.50 bits per heavy atom. The van der Waals surface area contributed by atoms with E-state index in [-0.39, 0.29) is 7.18 Å². The molecule has 0 aromatic heterocycles. The van der Waals surface area contributed by atoms with Crippen LogP contribution in [0.5, 0.6) is 0 Å². The first-order chi connectivity index (χ1) is 1.73. The van der Waals surface area contributed by atoms with Gasteiger partial charge in [0.2, 0.25) is 0 Å². The van der Waals surface area contributed by atoms with E-state index in [1.54, 1.807) is 0 Å². The Hall–Kier alpha value is 1.75. The van der Waals surface area contributed by atoms with Gasteiger partial charge < -0.3 is 0 Å². The standard InChI is InChI=1S/Ni.S.2Se. The predicted molar refractivity (Wildman–Crippen MR) is 19.1 cm³/mol. The molecule has 0 saturated heterocycles. The van der Waals surface area contributed by atoms with Gasteiger partial charge in [0.25, 0.3) is 0 Å². The maximum absolute atomic E-state index is 4.55. The summed E-state index contributed by atoms with van der Waals surface area (Å²) in [6.07, 6.45) is 0. The first-order valence-corrected chi connectivity index (χ1v) is 7.13. The molecule has 0 saturated carbocycles. The van der Waals surface area contributed by atoms with Crippen LogP contribution in [-0.2, 0) is 7.18 Å². The Balaban J connectivity index is 4.65. The third-order valence-corrected chi connectivity index (χ3v) is 0. The van der Waals surface area contributed by atoms with Crippen LogP contribution in [0.4, 0.5) is 0 Å². The molecule has 0 nitrogen and oxygen atoms in total. The fourth-order valence-electron chi connectivity index (χ4n) is 0. The molecule has 0 heterocycles. The molecule has 0 aliphatic carbocycles. The summed E-state index contributed by atoms with van der Waals surface area (Å²) in [5.41, 5.74) is 0. The molecule has 0 rings (SSSR count). The fourth-order valence-corrected chi connectivity index (χ4v) is 0. The molecule has 0 aromatic rings. The van der Waals surface area contributed by atoms with Crippen LogP contribution in [0.25, 0.3) is 0 Å². The van der Waals surface area contributed by atoms with Crippen LogP contribution in [0.2, 0.25) is 0 Å². The third kappa shape index (κ3) is 9.26. The molecule has 0 aromatic carbocycles. The second-order valence-corrected chi connectivity index (χ2v) is 12.6. The minimum absolute atomic E-state index is 0.125. The first kappa shape index (κ1) is 5.75. The SMILES string of the molecule is [S]=[Ni](=[Se])=[Se]. The van der Waals surface area contributed by atoms with E-state index in [0.29, 0.717) is 0 Å². The monoisotopic (exact) mass is 250 g/mol. The van der Waals surface area contributed by atoms with Crippen LogP contribution in [0, 0.1) is 0 Å². The average molecular weight is 249 g/mol. The van der Waals surface area contributed by atoms with Crippen molar-refractivity contribution in [3.63, 3.8) is 0 Å². The van der Waals surface area contributed by atoms with Crippen molar-refractivity contribution in [3.05, 3.63) is 0 Å². The maximum atomic E-state index is 4.55. The normalized spacial score (nSPS) is 10.5. The van der Waals surface area contributed by atoms with E-state index in [0.717, 1.165) is 0 Å². The summed E-state index contributed by atoms with van der Waals surface area (Å²) in [6, 6.07) is 0. The Labute approximate surface area is 45.1 Å². The van der Waals surface area contributed by atoms with Gasteiger partial charge in [-0.15, -0.1) is 0 Å². The first-order valence-electron chi connectivity index (χ1n) is 0.387. The van der Waals surface area contributed by atoms with Crippen LogP contribution in [-0.4, -0.2) is 27.5 Å². The van der Waals surface area contributed by atoms with Crippen molar-refractivity contribution < 1.29 is 7.18 Å². The van der Waals surface area contributed by atoms with Crippen LogP contribution in [0.3, 0.4) is 0 Å². The van der Waals surface area contributed by atoms with Gasteiger partial charge in [0.1, 0.15) is 0 Å². The molecule has 0 bridgehead atoms. The van der Waals surface area contributed by atoms with E-state index in [1.807, 2.05) is 0 Å². The van der Waals surface area contributed by atoms with Gasteiger partial charge >= 0.3 is 45.4 Å². The van der Waals surface area contributed by atoms with Gasteiger partial charge in [-0.1, -0.05) is 0 Å². The molecule has 0 aliphatic rings. The Morgan fingerprint density at radius 2 is 1.50 bits per heavy atom. The Morgan fingerprint density at radius 1 is 1.50 bits per heavy atom. The van der Waals surface area contributed by atoms with E-state index in [2.05, 4.69) is 38.2 Å². The van der Waals surface area contributed by atoms with Gasteiger partial charge in [-0.3, -0.25) is 0 Å². The number of rotatable bonds is 0. The van der Waals surface area contributed by atoms with Crippen molar-refractivity contribution >= 4 is 38.2 Å².